The first-order valence-electron chi connectivity index (χ1n) is 4.85. The Morgan fingerprint density at radius 3 is 1.71 bits per heavy atom. The number of ether oxygens (including phenoxy) is 3. The fourth-order valence-corrected chi connectivity index (χ4v) is 0.765. The molecule has 0 aliphatic rings. The Hall–Kier alpha value is -1.85. The molecule has 0 rings (SSSR count). The molecule has 0 saturated carbocycles. The second-order valence-electron chi connectivity index (χ2n) is 3.12. The molecule has 0 aromatic heterocycles. The van der Waals surface area contributed by atoms with Crippen molar-refractivity contribution in [2.45, 2.75) is 13.8 Å². The van der Waals surface area contributed by atoms with Crippen LogP contribution in [-0.2, 0) is 28.6 Å². The highest BCUT2D eigenvalue weighted by Gasteiger charge is 2.15. The third-order valence-electron chi connectivity index (χ3n) is 1.54. The Labute approximate surface area is 99.5 Å². The molecule has 0 bridgehead atoms. The van der Waals surface area contributed by atoms with Gasteiger partial charge in [-0.15, -0.1) is 0 Å². The predicted molar refractivity (Wildman–Crippen MR) is 57.7 cm³/mol. The van der Waals surface area contributed by atoms with E-state index >= 15 is 0 Å². The van der Waals surface area contributed by atoms with Gasteiger partial charge in [-0.25, -0.2) is 4.79 Å². The minimum atomic E-state index is -0.604. The van der Waals surface area contributed by atoms with Crippen LogP contribution in [0.5, 0.6) is 0 Å². The molecule has 0 fully saturated rings. The van der Waals surface area contributed by atoms with E-state index in [9.17, 15) is 14.4 Å². The summed E-state index contributed by atoms with van der Waals surface area (Å²) in [4.78, 5) is 32.1. The van der Waals surface area contributed by atoms with E-state index in [1.807, 2.05) is 0 Å². The summed E-state index contributed by atoms with van der Waals surface area (Å²) < 4.78 is 14.2. The average Bonchev–Trinajstić information content (AvgIpc) is 2.26. The monoisotopic (exact) mass is 243 g/mol. The Morgan fingerprint density at radius 2 is 1.35 bits per heavy atom. The van der Waals surface area contributed by atoms with Crippen LogP contribution in [-0.4, -0.2) is 37.7 Å². The van der Waals surface area contributed by atoms with Crippen molar-refractivity contribution in [2.75, 3.05) is 19.8 Å². The van der Waals surface area contributed by atoms with E-state index in [-0.39, 0.29) is 19.8 Å². The molecular formula is C11H15O6. The molecule has 0 amide bonds. The van der Waals surface area contributed by atoms with Crippen molar-refractivity contribution < 1.29 is 28.6 Å². The van der Waals surface area contributed by atoms with Gasteiger partial charge in [0.05, 0.1) is 5.92 Å². The molecule has 0 heterocycles. The Kier molecular flexibility index (Phi) is 7.41. The SMILES string of the molecule is C=CC(=O)OC[C](COC(C)=O)COC(C)=O. The molecule has 17 heavy (non-hydrogen) atoms. The van der Waals surface area contributed by atoms with Crippen LogP contribution in [0, 0.1) is 5.92 Å². The first kappa shape index (κ1) is 15.2. The van der Waals surface area contributed by atoms with Crippen molar-refractivity contribution in [3.05, 3.63) is 18.6 Å². The smallest absolute Gasteiger partial charge is 0.330 e. The molecule has 0 spiro atoms. The molecule has 0 aromatic rings. The molecule has 0 aliphatic heterocycles. The summed E-state index contributed by atoms with van der Waals surface area (Å²) >= 11 is 0. The topological polar surface area (TPSA) is 78.9 Å². The number of rotatable bonds is 7. The minimum absolute atomic E-state index is 0.0625. The summed E-state index contributed by atoms with van der Waals surface area (Å²) in [6.45, 7) is 5.51. The molecule has 95 valence electrons. The highest BCUT2D eigenvalue weighted by atomic mass is 16.6. The van der Waals surface area contributed by atoms with E-state index in [0.29, 0.717) is 5.92 Å². The number of carbonyl (C=O) groups is 3. The van der Waals surface area contributed by atoms with Gasteiger partial charge in [-0.2, -0.15) is 0 Å². The molecule has 6 nitrogen and oxygen atoms in total. The van der Waals surface area contributed by atoms with E-state index in [2.05, 4.69) is 6.58 Å². The van der Waals surface area contributed by atoms with Gasteiger partial charge in [-0.05, 0) is 0 Å². The molecule has 0 N–H and O–H groups in total. The van der Waals surface area contributed by atoms with Gasteiger partial charge in [0.15, 0.2) is 0 Å². The quantitative estimate of drug-likeness (QED) is 0.366. The molecule has 0 aromatic carbocycles. The first-order valence-corrected chi connectivity index (χ1v) is 4.85. The van der Waals surface area contributed by atoms with Gasteiger partial charge in [0.1, 0.15) is 19.8 Å². The largest absolute Gasteiger partial charge is 0.465 e. The Balaban J connectivity index is 4.08. The van der Waals surface area contributed by atoms with Gasteiger partial charge in [-0.3, -0.25) is 9.59 Å². The summed E-state index contributed by atoms with van der Waals surface area (Å²) in [6, 6.07) is 0. The van der Waals surface area contributed by atoms with E-state index in [0.717, 1.165) is 6.08 Å². The van der Waals surface area contributed by atoms with E-state index in [1.54, 1.807) is 0 Å². The average molecular weight is 243 g/mol. The molecule has 0 saturated heterocycles. The van der Waals surface area contributed by atoms with Crippen molar-refractivity contribution in [2.24, 2.45) is 0 Å². The van der Waals surface area contributed by atoms with Crippen LogP contribution in [0.2, 0.25) is 0 Å². The lowest BCUT2D eigenvalue weighted by Gasteiger charge is -2.15. The zero-order valence-corrected chi connectivity index (χ0v) is 9.86. The fourth-order valence-electron chi connectivity index (χ4n) is 0.765. The zero-order chi connectivity index (χ0) is 13.3. The number of esters is 3. The standard InChI is InChI=1S/C11H15O6/c1-4-11(14)17-7-10(5-15-8(2)12)6-16-9(3)13/h4H,1,5-7H2,2-3H3. The van der Waals surface area contributed by atoms with Gasteiger partial charge in [-0.1, -0.05) is 6.58 Å². The highest BCUT2D eigenvalue weighted by Crippen LogP contribution is 2.04. The molecule has 0 unspecified atom stereocenters. The fraction of sp³-hybridized carbons (Fsp3) is 0.455. The Bertz CT molecular complexity index is 278. The minimum Gasteiger partial charge on any atom is -0.465 e. The molecule has 0 aliphatic carbocycles. The number of hydrogen-bond acceptors (Lipinski definition) is 6. The zero-order valence-electron chi connectivity index (χ0n) is 9.86. The second-order valence-corrected chi connectivity index (χ2v) is 3.12. The van der Waals surface area contributed by atoms with E-state index in [1.165, 1.54) is 13.8 Å². The van der Waals surface area contributed by atoms with Crippen molar-refractivity contribution in [1.82, 2.24) is 0 Å². The molecular weight excluding hydrogens is 228 g/mol. The summed E-state index contributed by atoms with van der Waals surface area (Å²) in [7, 11) is 0. The van der Waals surface area contributed by atoms with Crippen molar-refractivity contribution in [3.8, 4) is 0 Å². The maximum atomic E-state index is 10.8. The number of hydrogen-bond donors (Lipinski definition) is 0. The summed E-state index contributed by atoms with van der Waals surface area (Å²) in [5, 5.41) is 0. The first-order chi connectivity index (χ1) is 7.95. The lowest BCUT2D eigenvalue weighted by Crippen LogP contribution is -2.23. The summed E-state index contributed by atoms with van der Waals surface area (Å²) in [6.07, 6.45) is 1.01. The highest BCUT2D eigenvalue weighted by molar-refractivity contribution is 5.81. The third kappa shape index (κ3) is 9.10. The second kappa shape index (κ2) is 8.32. The van der Waals surface area contributed by atoms with Crippen molar-refractivity contribution in [1.29, 1.82) is 0 Å². The van der Waals surface area contributed by atoms with Crippen LogP contribution >= 0.6 is 0 Å². The molecule has 1 radical (unpaired) electrons. The molecule has 0 atom stereocenters. The summed E-state index contributed by atoms with van der Waals surface area (Å²) in [5.74, 6) is -1.08. The lowest BCUT2D eigenvalue weighted by atomic mass is 10.2. The van der Waals surface area contributed by atoms with Gasteiger partial charge in [0, 0.05) is 19.9 Å². The number of carbonyl (C=O) groups excluding carboxylic acids is 3. The lowest BCUT2D eigenvalue weighted by molar-refractivity contribution is -0.143. The van der Waals surface area contributed by atoms with Gasteiger partial charge < -0.3 is 14.2 Å². The Morgan fingerprint density at radius 1 is 0.941 bits per heavy atom. The molecule has 6 heteroatoms. The maximum Gasteiger partial charge on any atom is 0.330 e. The van der Waals surface area contributed by atoms with E-state index in [4.69, 9.17) is 14.2 Å². The van der Waals surface area contributed by atoms with E-state index < -0.39 is 17.9 Å². The van der Waals surface area contributed by atoms with Gasteiger partial charge in [0.25, 0.3) is 0 Å². The van der Waals surface area contributed by atoms with Crippen LogP contribution in [0.4, 0.5) is 0 Å². The van der Waals surface area contributed by atoms with Gasteiger partial charge >= 0.3 is 17.9 Å². The van der Waals surface area contributed by atoms with Crippen molar-refractivity contribution in [3.63, 3.8) is 0 Å². The maximum absolute atomic E-state index is 10.8. The predicted octanol–water partition coefficient (Wildman–Crippen LogP) is 0.416. The normalized spacial score (nSPS) is 9.59. The van der Waals surface area contributed by atoms with Gasteiger partial charge in [0.2, 0.25) is 0 Å². The summed E-state index contributed by atoms with van der Waals surface area (Å²) in [5.41, 5.74) is 0. The van der Waals surface area contributed by atoms with Crippen molar-refractivity contribution >= 4 is 17.9 Å². The third-order valence-corrected chi connectivity index (χ3v) is 1.54. The van der Waals surface area contributed by atoms with Crippen LogP contribution in [0.25, 0.3) is 0 Å². The van der Waals surface area contributed by atoms with Crippen LogP contribution < -0.4 is 0 Å². The van der Waals surface area contributed by atoms with Crippen LogP contribution in [0.15, 0.2) is 12.7 Å². The van der Waals surface area contributed by atoms with Crippen LogP contribution in [0.1, 0.15) is 13.8 Å². The van der Waals surface area contributed by atoms with Crippen LogP contribution in [0.3, 0.4) is 0 Å².